The third-order valence-electron chi connectivity index (χ3n) is 2.82. The standard InChI is InChI=1S/C13H17BrN4/c1-3-6-16-10(2)12-7-11(14)4-5-13(12)18-9-15-8-17-18/h4-5,7-10,16H,3,6H2,1-2H3. The molecule has 0 bridgehead atoms. The van der Waals surface area contributed by atoms with Crippen LogP contribution >= 0.6 is 15.9 Å². The number of hydrogen-bond acceptors (Lipinski definition) is 3. The molecule has 5 heteroatoms. The van der Waals surface area contributed by atoms with E-state index in [1.165, 1.54) is 5.56 Å². The normalized spacial score (nSPS) is 12.6. The summed E-state index contributed by atoms with van der Waals surface area (Å²) < 4.78 is 2.87. The lowest BCUT2D eigenvalue weighted by molar-refractivity contribution is 0.567. The van der Waals surface area contributed by atoms with Crippen molar-refractivity contribution in [1.82, 2.24) is 20.1 Å². The van der Waals surface area contributed by atoms with Gasteiger partial charge in [0.25, 0.3) is 0 Å². The zero-order chi connectivity index (χ0) is 13.0. The lowest BCUT2D eigenvalue weighted by Crippen LogP contribution is -2.20. The minimum atomic E-state index is 0.279. The Morgan fingerprint density at radius 1 is 1.44 bits per heavy atom. The molecule has 0 aliphatic heterocycles. The first-order chi connectivity index (χ1) is 8.72. The Morgan fingerprint density at radius 2 is 2.28 bits per heavy atom. The van der Waals surface area contributed by atoms with E-state index >= 15 is 0 Å². The van der Waals surface area contributed by atoms with E-state index in [2.05, 4.69) is 57.3 Å². The minimum absolute atomic E-state index is 0.279. The molecule has 1 aromatic heterocycles. The van der Waals surface area contributed by atoms with Crippen LogP contribution in [-0.4, -0.2) is 21.3 Å². The number of aromatic nitrogens is 3. The van der Waals surface area contributed by atoms with Crippen LogP contribution in [-0.2, 0) is 0 Å². The molecule has 1 atom stereocenters. The van der Waals surface area contributed by atoms with Gasteiger partial charge in [0.2, 0.25) is 0 Å². The predicted octanol–water partition coefficient (Wildman–Crippen LogP) is 3.09. The van der Waals surface area contributed by atoms with Crippen molar-refractivity contribution >= 4 is 15.9 Å². The molecule has 0 aliphatic carbocycles. The van der Waals surface area contributed by atoms with E-state index in [0.29, 0.717) is 0 Å². The van der Waals surface area contributed by atoms with E-state index in [4.69, 9.17) is 0 Å². The van der Waals surface area contributed by atoms with Gasteiger partial charge in [0.05, 0.1) is 5.69 Å². The lowest BCUT2D eigenvalue weighted by atomic mass is 10.1. The van der Waals surface area contributed by atoms with Crippen molar-refractivity contribution in [2.75, 3.05) is 6.54 Å². The molecule has 0 saturated carbocycles. The third kappa shape index (κ3) is 2.97. The molecule has 0 saturated heterocycles. The van der Waals surface area contributed by atoms with Crippen molar-refractivity contribution < 1.29 is 0 Å². The smallest absolute Gasteiger partial charge is 0.138 e. The van der Waals surface area contributed by atoms with Crippen molar-refractivity contribution in [2.45, 2.75) is 26.3 Å². The van der Waals surface area contributed by atoms with Crippen LogP contribution in [0.1, 0.15) is 31.9 Å². The summed E-state index contributed by atoms with van der Waals surface area (Å²) in [6.07, 6.45) is 4.40. The Hall–Kier alpha value is -1.20. The molecule has 0 spiro atoms. The Balaban J connectivity index is 2.35. The molecule has 18 heavy (non-hydrogen) atoms. The van der Waals surface area contributed by atoms with E-state index < -0.39 is 0 Å². The van der Waals surface area contributed by atoms with Gasteiger partial charge in [0.1, 0.15) is 12.7 Å². The predicted molar refractivity (Wildman–Crippen MR) is 75.8 cm³/mol. The van der Waals surface area contributed by atoms with Crippen LogP contribution < -0.4 is 5.32 Å². The fourth-order valence-electron chi connectivity index (χ4n) is 1.88. The summed E-state index contributed by atoms with van der Waals surface area (Å²) in [5.74, 6) is 0. The average Bonchev–Trinajstić information content (AvgIpc) is 2.89. The first-order valence-electron chi connectivity index (χ1n) is 6.10. The van der Waals surface area contributed by atoms with Gasteiger partial charge in [-0.15, -0.1) is 0 Å². The van der Waals surface area contributed by atoms with Gasteiger partial charge in [-0.3, -0.25) is 0 Å². The maximum Gasteiger partial charge on any atom is 0.138 e. The minimum Gasteiger partial charge on any atom is -0.310 e. The highest BCUT2D eigenvalue weighted by Crippen LogP contribution is 2.25. The molecule has 0 fully saturated rings. The number of hydrogen-bond donors (Lipinski definition) is 1. The second-order valence-electron chi connectivity index (χ2n) is 4.22. The summed E-state index contributed by atoms with van der Waals surface area (Å²) in [6, 6.07) is 6.48. The van der Waals surface area contributed by atoms with E-state index in [0.717, 1.165) is 23.1 Å². The first-order valence-corrected chi connectivity index (χ1v) is 6.89. The van der Waals surface area contributed by atoms with Crippen molar-refractivity contribution in [2.24, 2.45) is 0 Å². The Bertz CT molecular complexity index is 496. The fourth-order valence-corrected chi connectivity index (χ4v) is 2.26. The molecule has 2 aromatic rings. The largest absolute Gasteiger partial charge is 0.310 e. The highest BCUT2D eigenvalue weighted by molar-refractivity contribution is 9.10. The molecule has 1 unspecified atom stereocenters. The van der Waals surface area contributed by atoms with Gasteiger partial charge in [-0.05, 0) is 43.7 Å². The van der Waals surface area contributed by atoms with Crippen molar-refractivity contribution in [3.63, 3.8) is 0 Å². The molecule has 4 nitrogen and oxygen atoms in total. The lowest BCUT2D eigenvalue weighted by Gasteiger charge is -2.18. The van der Waals surface area contributed by atoms with Gasteiger partial charge < -0.3 is 5.32 Å². The van der Waals surface area contributed by atoms with Gasteiger partial charge in [-0.25, -0.2) is 9.67 Å². The van der Waals surface area contributed by atoms with Crippen molar-refractivity contribution in [3.8, 4) is 5.69 Å². The van der Waals surface area contributed by atoms with Gasteiger partial charge in [0.15, 0.2) is 0 Å². The monoisotopic (exact) mass is 308 g/mol. The number of nitrogens with zero attached hydrogens (tertiary/aromatic N) is 3. The quantitative estimate of drug-likeness (QED) is 0.923. The van der Waals surface area contributed by atoms with Crippen LogP contribution in [0.5, 0.6) is 0 Å². The number of benzene rings is 1. The van der Waals surface area contributed by atoms with Crippen LogP contribution in [0.2, 0.25) is 0 Å². The highest BCUT2D eigenvalue weighted by atomic mass is 79.9. The highest BCUT2D eigenvalue weighted by Gasteiger charge is 2.12. The van der Waals surface area contributed by atoms with Gasteiger partial charge >= 0.3 is 0 Å². The molecule has 0 radical (unpaired) electrons. The maximum absolute atomic E-state index is 4.20. The molecular formula is C13H17BrN4. The van der Waals surface area contributed by atoms with E-state index in [9.17, 15) is 0 Å². The number of nitrogens with one attached hydrogen (secondary N) is 1. The maximum atomic E-state index is 4.20. The second kappa shape index (κ2) is 6.11. The second-order valence-corrected chi connectivity index (χ2v) is 5.13. The SMILES string of the molecule is CCCNC(C)c1cc(Br)ccc1-n1cncn1. The molecule has 1 N–H and O–H groups in total. The summed E-state index contributed by atoms with van der Waals surface area (Å²) >= 11 is 3.52. The van der Waals surface area contributed by atoms with E-state index in [-0.39, 0.29) is 6.04 Å². The number of rotatable bonds is 5. The first kappa shape index (κ1) is 13.2. The van der Waals surface area contributed by atoms with Crippen molar-refractivity contribution in [1.29, 1.82) is 0 Å². The van der Waals surface area contributed by atoms with Crippen LogP contribution in [0.15, 0.2) is 35.3 Å². The van der Waals surface area contributed by atoms with Gasteiger partial charge in [-0.2, -0.15) is 5.10 Å². The van der Waals surface area contributed by atoms with Crippen LogP contribution in [0, 0.1) is 0 Å². The topological polar surface area (TPSA) is 42.7 Å². The van der Waals surface area contributed by atoms with E-state index in [1.54, 1.807) is 17.3 Å². The Labute approximate surface area is 116 Å². The molecule has 96 valence electrons. The number of halogens is 1. The average molecular weight is 309 g/mol. The molecule has 0 aliphatic rings. The van der Waals surface area contributed by atoms with E-state index in [1.807, 2.05) is 6.07 Å². The van der Waals surface area contributed by atoms with Crippen molar-refractivity contribution in [3.05, 3.63) is 40.9 Å². The zero-order valence-electron chi connectivity index (χ0n) is 10.6. The Morgan fingerprint density at radius 3 is 2.94 bits per heavy atom. The van der Waals surface area contributed by atoms with Gasteiger partial charge in [0, 0.05) is 10.5 Å². The molecule has 1 heterocycles. The molecule has 1 aromatic carbocycles. The summed E-state index contributed by atoms with van der Waals surface area (Å²) in [7, 11) is 0. The Kier molecular flexibility index (Phi) is 4.49. The summed E-state index contributed by atoms with van der Waals surface area (Å²) in [5, 5.41) is 7.70. The molecular weight excluding hydrogens is 292 g/mol. The fraction of sp³-hybridized carbons (Fsp3) is 0.385. The van der Waals surface area contributed by atoms with Crippen LogP contribution in [0.3, 0.4) is 0 Å². The zero-order valence-corrected chi connectivity index (χ0v) is 12.2. The summed E-state index contributed by atoms with van der Waals surface area (Å²) in [5.41, 5.74) is 2.27. The summed E-state index contributed by atoms with van der Waals surface area (Å²) in [4.78, 5) is 4.00. The molecule has 0 amide bonds. The van der Waals surface area contributed by atoms with Gasteiger partial charge in [-0.1, -0.05) is 22.9 Å². The molecule has 2 rings (SSSR count). The summed E-state index contributed by atoms with van der Waals surface area (Å²) in [6.45, 7) is 5.33. The van der Waals surface area contributed by atoms with Crippen LogP contribution in [0.25, 0.3) is 5.69 Å². The van der Waals surface area contributed by atoms with Crippen LogP contribution in [0.4, 0.5) is 0 Å². The third-order valence-corrected chi connectivity index (χ3v) is 3.32.